The first-order valence-corrected chi connectivity index (χ1v) is 9.33. The first-order valence-electron chi connectivity index (χ1n) is 8.35. The van der Waals surface area contributed by atoms with E-state index in [1.165, 1.54) is 32.1 Å². The van der Waals surface area contributed by atoms with Crippen LogP contribution in [-0.4, -0.2) is 47.0 Å². The number of nitrogens with one attached hydrogen (secondary N) is 1. The summed E-state index contributed by atoms with van der Waals surface area (Å²) in [6.07, 6.45) is 8.81. The highest BCUT2D eigenvalue weighted by atomic mass is 35.5. The molecule has 0 radical (unpaired) electrons. The molecule has 3 fully saturated rings. The molecule has 1 spiro atoms. The first-order chi connectivity index (χ1) is 9.69. The minimum absolute atomic E-state index is 0. The molecule has 2 atom stereocenters. The molecule has 1 amide bonds. The van der Waals surface area contributed by atoms with Crippen LogP contribution in [0, 0.1) is 5.92 Å². The number of nitrogens with zero attached hydrogens (tertiary/aromatic N) is 1. The van der Waals surface area contributed by atoms with E-state index in [0.29, 0.717) is 16.7 Å². The zero-order valence-corrected chi connectivity index (χ0v) is 14.7. The van der Waals surface area contributed by atoms with Crippen LogP contribution in [0.5, 0.6) is 0 Å². The number of hydrogen-bond donors (Lipinski definition) is 1. The van der Waals surface area contributed by atoms with E-state index >= 15 is 0 Å². The summed E-state index contributed by atoms with van der Waals surface area (Å²) in [6.45, 7) is 5.21. The normalized spacial score (nSPS) is 32.5. The Kier molecular flexibility index (Phi) is 6.27. The second-order valence-electron chi connectivity index (χ2n) is 6.93. The van der Waals surface area contributed by atoms with Gasteiger partial charge in [-0.1, -0.05) is 19.3 Å². The standard InChI is InChI=1S/C16H28N2OS.ClH/c1-13-11-14(5-8-17-13)15(19)18-9-10-20-16(12-18)6-3-2-4-7-16;/h13-14,17H,2-12H2,1H3;1H/t13-,14-;/m0./s1. The van der Waals surface area contributed by atoms with Crippen molar-refractivity contribution in [2.24, 2.45) is 5.92 Å². The van der Waals surface area contributed by atoms with Crippen LogP contribution in [0.1, 0.15) is 51.9 Å². The minimum Gasteiger partial charge on any atom is -0.340 e. The minimum atomic E-state index is 0. The van der Waals surface area contributed by atoms with Gasteiger partial charge < -0.3 is 10.2 Å². The number of carbonyl (C=O) groups excluding carboxylic acids is 1. The lowest BCUT2D eigenvalue weighted by Crippen LogP contribution is -2.53. The summed E-state index contributed by atoms with van der Waals surface area (Å²) in [5.74, 6) is 1.87. The van der Waals surface area contributed by atoms with E-state index in [9.17, 15) is 4.79 Å². The molecule has 5 heteroatoms. The quantitative estimate of drug-likeness (QED) is 0.801. The van der Waals surface area contributed by atoms with Crippen molar-refractivity contribution < 1.29 is 4.79 Å². The summed E-state index contributed by atoms with van der Waals surface area (Å²) < 4.78 is 0.407. The molecular formula is C16H29ClN2OS. The summed E-state index contributed by atoms with van der Waals surface area (Å²) in [7, 11) is 0. The molecule has 0 aromatic heterocycles. The largest absolute Gasteiger partial charge is 0.340 e. The average molecular weight is 333 g/mol. The number of rotatable bonds is 1. The molecule has 3 aliphatic rings. The molecule has 0 aromatic rings. The molecule has 21 heavy (non-hydrogen) atoms. The molecule has 2 heterocycles. The lowest BCUT2D eigenvalue weighted by Gasteiger charge is -2.46. The molecule has 0 unspecified atom stereocenters. The third-order valence-corrected chi connectivity index (χ3v) is 6.83. The molecule has 2 saturated heterocycles. The van der Waals surface area contributed by atoms with E-state index in [-0.39, 0.29) is 18.3 Å². The van der Waals surface area contributed by atoms with Gasteiger partial charge in [0.1, 0.15) is 0 Å². The fraction of sp³-hybridized carbons (Fsp3) is 0.938. The van der Waals surface area contributed by atoms with Crippen LogP contribution >= 0.6 is 24.2 Å². The van der Waals surface area contributed by atoms with Gasteiger partial charge in [-0.05, 0) is 39.2 Å². The van der Waals surface area contributed by atoms with Gasteiger partial charge in [-0.2, -0.15) is 11.8 Å². The summed E-state index contributed by atoms with van der Waals surface area (Å²) in [6, 6.07) is 0.500. The molecule has 1 aliphatic carbocycles. The molecular weight excluding hydrogens is 304 g/mol. The van der Waals surface area contributed by atoms with E-state index in [1.807, 2.05) is 0 Å². The lowest BCUT2D eigenvalue weighted by molar-refractivity contribution is -0.137. The number of halogens is 1. The van der Waals surface area contributed by atoms with Crippen LogP contribution in [0.4, 0.5) is 0 Å². The van der Waals surface area contributed by atoms with Crippen molar-refractivity contribution >= 4 is 30.1 Å². The Bertz CT molecular complexity index is 355. The highest BCUT2D eigenvalue weighted by molar-refractivity contribution is 8.00. The van der Waals surface area contributed by atoms with Crippen LogP contribution in [-0.2, 0) is 4.79 Å². The fourth-order valence-corrected chi connectivity index (χ4v) is 5.72. The van der Waals surface area contributed by atoms with Crippen molar-refractivity contribution in [3.05, 3.63) is 0 Å². The zero-order valence-electron chi connectivity index (χ0n) is 13.1. The van der Waals surface area contributed by atoms with Crippen molar-refractivity contribution in [3.8, 4) is 0 Å². The number of thioether (sulfide) groups is 1. The van der Waals surface area contributed by atoms with Crippen molar-refractivity contribution in [1.82, 2.24) is 10.2 Å². The Morgan fingerprint density at radius 1 is 1.29 bits per heavy atom. The summed E-state index contributed by atoms with van der Waals surface area (Å²) in [5.41, 5.74) is 0. The van der Waals surface area contributed by atoms with Crippen LogP contribution in [0.3, 0.4) is 0 Å². The van der Waals surface area contributed by atoms with Crippen molar-refractivity contribution in [2.75, 3.05) is 25.4 Å². The predicted octanol–water partition coefficient (Wildman–Crippen LogP) is 3.07. The van der Waals surface area contributed by atoms with E-state index < -0.39 is 0 Å². The Morgan fingerprint density at radius 2 is 2.05 bits per heavy atom. The van der Waals surface area contributed by atoms with Gasteiger partial charge in [0.15, 0.2) is 0 Å². The van der Waals surface area contributed by atoms with Gasteiger partial charge in [-0.3, -0.25) is 4.79 Å². The third-order valence-electron chi connectivity index (χ3n) is 5.30. The van der Waals surface area contributed by atoms with Gasteiger partial charge in [0.05, 0.1) is 0 Å². The SMILES string of the molecule is C[C@H]1C[C@@H](C(=O)N2CCSC3(CCCCC3)C2)CCN1.Cl. The molecule has 0 bridgehead atoms. The monoisotopic (exact) mass is 332 g/mol. The van der Waals surface area contributed by atoms with Crippen LogP contribution in [0.25, 0.3) is 0 Å². The Morgan fingerprint density at radius 3 is 2.76 bits per heavy atom. The molecule has 1 saturated carbocycles. The van der Waals surface area contributed by atoms with Crippen molar-refractivity contribution in [3.63, 3.8) is 0 Å². The topological polar surface area (TPSA) is 32.3 Å². The summed E-state index contributed by atoms with van der Waals surface area (Å²) in [4.78, 5) is 15.0. The van der Waals surface area contributed by atoms with E-state index in [0.717, 1.165) is 38.2 Å². The van der Waals surface area contributed by atoms with Gasteiger partial charge in [0.2, 0.25) is 5.91 Å². The molecule has 122 valence electrons. The van der Waals surface area contributed by atoms with Crippen molar-refractivity contribution in [1.29, 1.82) is 0 Å². The Hall–Kier alpha value is 0.0700. The smallest absolute Gasteiger partial charge is 0.225 e. The average Bonchev–Trinajstić information content (AvgIpc) is 2.47. The molecule has 3 nitrogen and oxygen atoms in total. The Labute approximate surface area is 139 Å². The van der Waals surface area contributed by atoms with E-state index in [4.69, 9.17) is 0 Å². The maximum Gasteiger partial charge on any atom is 0.225 e. The third kappa shape index (κ3) is 4.08. The molecule has 2 aliphatic heterocycles. The van der Waals surface area contributed by atoms with Crippen molar-refractivity contribution in [2.45, 2.75) is 62.7 Å². The van der Waals surface area contributed by atoms with Gasteiger partial charge in [0, 0.05) is 35.5 Å². The van der Waals surface area contributed by atoms with Crippen LogP contribution in [0.2, 0.25) is 0 Å². The van der Waals surface area contributed by atoms with Gasteiger partial charge in [-0.25, -0.2) is 0 Å². The summed E-state index contributed by atoms with van der Waals surface area (Å²) in [5, 5.41) is 3.45. The fourth-order valence-electron chi connectivity index (χ4n) is 4.15. The van der Waals surface area contributed by atoms with Crippen LogP contribution < -0.4 is 5.32 Å². The highest BCUT2D eigenvalue weighted by Gasteiger charge is 2.40. The number of piperidine rings is 1. The van der Waals surface area contributed by atoms with Crippen LogP contribution in [0.15, 0.2) is 0 Å². The van der Waals surface area contributed by atoms with Gasteiger partial charge >= 0.3 is 0 Å². The zero-order chi connectivity index (χ0) is 14.0. The van der Waals surface area contributed by atoms with E-state index in [1.54, 1.807) is 0 Å². The highest BCUT2D eigenvalue weighted by Crippen LogP contribution is 2.43. The number of amides is 1. The first kappa shape index (κ1) is 17.4. The van der Waals surface area contributed by atoms with Gasteiger partial charge in [0.25, 0.3) is 0 Å². The van der Waals surface area contributed by atoms with E-state index in [2.05, 4.69) is 28.9 Å². The maximum absolute atomic E-state index is 12.8. The Balaban J connectivity index is 0.00000161. The number of hydrogen-bond acceptors (Lipinski definition) is 3. The van der Waals surface area contributed by atoms with Gasteiger partial charge in [-0.15, -0.1) is 12.4 Å². The lowest BCUT2D eigenvalue weighted by atomic mass is 9.86. The summed E-state index contributed by atoms with van der Waals surface area (Å²) >= 11 is 2.15. The predicted molar refractivity (Wildman–Crippen MR) is 92.3 cm³/mol. The second kappa shape index (κ2) is 7.56. The second-order valence-corrected chi connectivity index (χ2v) is 8.49. The molecule has 0 aromatic carbocycles. The number of carbonyl (C=O) groups is 1. The molecule has 1 N–H and O–H groups in total. The maximum atomic E-state index is 12.8. The molecule has 3 rings (SSSR count).